The Labute approximate surface area is 137 Å². The van der Waals surface area contributed by atoms with E-state index in [1.807, 2.05) is 6.07 Å². The molecule has 0 bridgehead atoms. The fraction of sp³-hybridized carbons (Fsp3) is 0.0714. The molecular weight excluding hydrogens is 403 g/mol. The highest BCUT2D eigenvalue weighted by Crippen LogP contribution is 2.16. The summed E-state index contributed by atoms with van der Waals surface area (Å²) in [6.07, 6.45) is 0. The van der Waals surface area contributed by atoms with Crippen molar-refractivity contribution in [1.82, 2.24) is 4.72 Å². The molecule has 7 heteroatoms. The van der Waals surface area contributed by atoms with Gasteiger partial charge in [0.05, 0.1) is 4.90 Å². The van der Waals surface area contributed by atoms with Crippen molar-refractivity contribution in [2.45, 2.75) is 4.90 Å². The molecule has 110 valence electrons. The Hall–Kier alpha value is -1.45. The number of amides is 1. The molecule has 2 N–H and O–H groups in total. The van der Waals surface area contributed by atoms with Crippen molar-refractivity contribution >= 4 is 44.2 Å². The first-order valence-electron chi connectivity index (χ1n) is 6.03. The number of nitrogens with one attached hydrogen (secondary N) is 2. The predicted molar refractivity (Wildman–Crippen MR) is 89.8 cm³/mol. The number of rotatable bonds is 4. The quantitative estimate of drug-likeness (QED) is 0.753. The molecule has 0 atom stereocenters. The molecule has 0 aliphatic rings. The van der Waals surface area contributed by atoms with Gasteiger partial charge in [0.15, 0.2) is 0 Å². The van der Waals surface area contributed by atoms with Crippen LogP contribution in [0.15, 0.2) is 53.4 Å². The molecule has 21 heavy (non-hydrogen) atoms. The molecule has 0 spiro atoms. The lowest BCUT2D eigenvalue weighted by atomic mass is 10.2. The Balaban J connectivity index is 2.24. The van der Waals surface area contributed by atoms with Crippen molar-refractivity contribution in [2.24, 2.45) is 0 Å². The van der Waals surface area contributed by atoms with E-state index < -0.39 is 10.0 Å². The lowest BCUT2D eigenvalue weighted by Crippen LogP contribution is -2.19. The van der Waals surface area contributed by atoms with Gasteiger partial charge in [-0.15, -0.1) is 0 Å². The van der Waals surface area contributed by atoms with Crippen LogP contribution in [0.3, 0.4) is 0 Å². The highest BCUT2D eigenvalue weighted by molar-refractivity contribution is 14.1. The fourth-order valence-corrected chi connectivity index (χ4v) is 3.01. The Morgan fingerprint density at radius 1 is 1.10 bits per heavy atom. The van der Waals surface area contributed by atoms with Crippen molar-refractivity contribution in [3.63, 3.8) is 0 Å². The fourth-order valence-electron chi connectivity index (χ4n) is 1.69. The number of hydrogen-bond donors (Lipinski definition) is 2. The molecule has 0 aromatic heterocycles. The van der Waals surface area contributed by atoms with Gasteiger partial charge in [0, 0.05) is 14.8 Å². The minimum Gasteiger partial charge on any atom is -0.322 e. The van der Waals surface area contributed by atoms with Crippen molar-refractivity contribution < 1.29 is 13.2 Å². The van der Waals surface area contributed by atoms with E-state index in [0.29, 0.717) is 11.3 Å². The van der Waals surface area contributed by atoms with Crippen LogP contribution in [-0.2, 0) is 10.0 Å². The molecule has 0 unspecified atom stereocenters. The summed E-state index contributed by atoms with van der Waals surface area (Å²) >= 11 is 2.12. The van der Waals surface area contributed by atoms with E-state index in [0.717, 1.165) is 3.57 Å². The van der Waals surface area contributed by atoms with Gasteiger partial charge in [-0.1, -0.05) is 12.1 Å². The minimum absolute atomic E-state index is 0.102. The van der Waals surface area contributed by atoms with E-state index in [2.05, 4.69) is 32.6 Å². The number of sulfonamides is 1. The molecule has 0 aliphatic carbocycles. The molecule has 2 rings (SSSR count). The highest BCUT2D eigenvalue weighted by Gasteiger charge is 2.13. The summed E-state index contributed by atoms with van der Waals surface area (Å²) in [5, 5.41) is 2.69. The highest BCUT2D eigenvalue weighted by atomic mass is 127. The van der Waals surface area contributed by atoms with Crippen LogP contribution in [0.2, 0.25) is 0 Å². The second-order valence-corrected chi connectivity index (χ2v) is 7.33. The Bertz CT molecular complexity index is 775. The maximum atomic E-state index is 12.1. The van der Waals surface area contributed by atoms with Crippen molar-refractivity contribution in [3.8, 4) is 0 Å². The number of hydrogen-bond acceptors (Lipinski definition) is 3. The summed E-state index contributed by atoms with van der Waals surface area (Å²) in [5.74, 6) is -0.285. The zero-order chi connectivity index (χ0) is 15.5. The van der Waals surface area contributed by atoms with Crippen LogP contribution in [0.25, 0.3) is 0 Å². The standard InChI is InChI=1S/C14H13IN2O3S/c1-16-21(19,20)13-7-3-6-12(9-13)17-14(18)10-4-2-5-11(15)8-10/h2-9,16H,1H3,(H,17,18). The van der Waals surface area contributed by atoms with Gasteiger partial charge in [-0.3, -0.25) is 4.79 Å². The van der Waals surface area contributed by atoms with Crippen LogP contribution in [0, 0.1) is 3.57 Å². The second-order valence-electron chi connectivity index (χ2n) is 4.20. The van der Waals surface area contributed by atoms with Crippen molar-refractivity contribution in [2.75, 3.05) is 12.4 Å². The Morgan fingerprint density at radius 3 is 2.48 bits per heavy atom. The van der Waals surface area contributed by atoms with Gasteiger partial charge in [0.2, 0.25) is 10.0 Å². The first-order valence-corrected chi connectivity index (χ1v) is 8.59. The van der Waals surface area contributed by atoms with Crippen LogP contribution in [0.4, 0.5) is 5.69 Å². The van der Waals surface area contributed by atoms with Crippen molar-refractivity contribution in [1.29, 1.82) is 0 Å². The van der Waals surface area contributed by atoms with Crippen molar-refractivity contribution in [3.05, 3.63) is 57.7 Å². The number of carbonyl (C=O) groups excluding carboxylic acids is 1. The van der Waals surface area contributed by atoms with Gasteiger partial charge < -0.3 is 5.32 Å². The Kier molecular flexibility index (Phi) is 4.96. The van der Waals surface area contributed by atoms with E-state index in [4.69, 9.17) is 0 Å². The number of benzene rings is 2. The van der Waals surface area contributed by atoms with Crippen LogP contribution in [0.1, 0.15) is 10.4 Å². The van der Waals surface area contributed by atoms with Gasteiger partial charge in [0.1, 0.15) is 0 Å². The van der Waals surface area contributed by atoms with Gasteiger partial charge >= 0.3 is 0 Å². The van der Waals surface area contributed by atoms with Crippen LogP contribution in [-0.4, -0.2) is 21.4 Å². The second kappa shape index (κ2) is 6.54. The van der Waals surface area contributed by atoms with E-state index in [9.17, 15) is 13.2 Å². The Morgan fingerprint density at radius 2 is 1.81 bits per heavy atom. The largest absolute Gasteiger partial charge is 0.322 e. The SMILES string of the molecule is CNS(=O)(=O)c1cccc(NC(=O)c2cccc(I)c2)c1. The molecule has 0 saturated heterocycles. The molecule has 0 fully saturated rings. The average molecular weight is 416 g/mol. The molecule has 5 nitrogen and oxygen atoms in total. The van der Waals surface area contributed by atoms with E-state index in [-0.39, 0.29) is 10.8 Å². The molecule has 1 amide bonds. The normalized spacial score (nSPS) is 11.1. The van der Waals surface area contributed by atoms with Gasteiger partial charge in [-0.05, 0) is 66.0 Å². The smallest absolute Gasteiger partial charge is 0.255 e. The molecule has 2 aromatic rings. The topological polar surface area (TPSA) is 75.3 Å². The first-order chi connectivity index (χ1) is 9.92. The van der Waals surface area contributed by atoms with E-state index >= 15 is 0 Å². The molecule has 0 saturated carbocycles. The molecule has 0 aliphatic heterocycles. The molecule has 0 heterocycles. The predicted octanol–water partition coefficient (Wildman–Crippen LogP) is 2.45. The molecule has 0 radical (unpaired) electrons. The summed E-state index contributed by atoms with van der Waals surface area (Å²) in [7, 11) is -2.19. The maximum absolute atomic E-state index is 12.1. The minimum atomic E-state index is -3.53. The van der Waals surface area contributed by atoms with Gasteiger partial charge in [0.25, 0.3) is 5.91 Å². The number of halogens is 1. The lowest BCUT2D eigenvalue weighted by molar-refractivity contribution is 0.102. The van der Waals surface area contributed by atoms with Crippen LogP contribution in [0.5, 0.6) is 0 Å². The summed E-state index contributed by atoms with van der Waals surface area (Å²) in [4.78, 5) is 12.2. The average Bonchev–Trinajstić information content (AvgIpc) is 2.47. The van der Waals surface area contributed by atoms with Crippen LogP contribution < -0.4 is 10.0 Å². The maximum Gasteiger partial charge on any atom is 0.255 e. The van der Waals surface area contributed by atoms with Gasteiger partial charge in [-0.25, -0.2) is 13.1 Å². The lowest BCUT2D eigenvalue weighted by Gasteiger charge is -2.08. The molecular formula is C14H13IN2O3S. The zero-order valence-electron chi connectivity index (χ0n) is 11.1. The third kappa shape index (κ3) is 4.02. The van der Waals surface area contributed by atoms with Gasteiger partial charge in [-0.2, -0.15) is 0 Å². The monoisotopic (exact) mass is 416 g/mol. The summed E-state index contributed by atoms with van der Waals surface area (Å²) < 4.78 is 26.6. The van der Waals surface area contributed by atoms with E-state index in [1.54, 1.807) is 30.3 Å². The third-order valence-electron chi connectivity index (χ3n) is 2.76. The van der Waals surface area contributed by atoms with Crippen LogP contribution >= 0.6 is 22.6 Å². The number of anilines is 1. The molecule has 2 aromatic carbocycles. The third-order valence-corrected chi connectivity index (χ3v) is 4.84. The zero-order valence-corrected chi connectivity index (χ0v) is 14.1. The summed E-state index contributed by atoms with van der Waals surface area (Å²) in [6.45, 7) is 0. The van der Waals surface area contributed by atoms with E-state index in [1.165, 1.54) is 19.2 Å². The number of carbonyl (C=O) groups is 1. The first kappa shape index (κ1) is 15.9. The summed E-state index contributed by atoms with van der Waals surface area (Å²) in [5.41, 5.74) is 0.943. The summed E-state index contributed by atoms with van der Waals surface area (Å²) in [6, 6.07) is 13.2.